The second-order valence-electron chi connectivity index (χ2n) is 6.74. The fraction of sp³-hybridized carbons (Fsp3) is 0.250. The standard InChI is InChI=1S/C20H19N5O3S/c1-14-15(4-2-5-17(14)25(27)28)20(26)24-11-9-23(10-12-24)19-8-7-16(21-22-19)18-6-3-13-29-18/h2-8,13H,9-12H2,1H3. The predicted octanol–water partition coefficient (Wildman–Crippen LogP) is 3.38. The first kappa shape index (κ1) is 19.0. The van der Waals surface area contributed by atoms with Gasteiger partial charge in [0.15, 0.2) is 5.82 Å². The molecule has 4 rings (SSSR count). The molecule has 0 spiro atoms. The molecule has 0 N–H and O–H groups in total. The summed E-state index contributed by atoms with van der Waals surface area (Å²) in [5.41, 5.74) is 1.60. The zero-order chi connectivity index (χ0) is 20.4. The number of nitro groups is 1. The zero-order valence-electron chi connectivity index (χ0n) is 15.8. The van der Waals surface area contributed by atoms with Gasteiger partial charge in [0, 0.05) is 43.4 Å². The highest BCUT2D eigenvalue weighted by Gasteiger charge is 2.26. The van der Waals surface area contributed by atoms with Crippen molar-refractivity contribution in [2.24, 2.45) is 0 Å². The molecule has 0 saturated carbocycles. The fourth-order valence-corrected chi connectivity index (χ4v) is 4.10. The van der Waals surface area contributed by atoms with Crippen LogP contribution in [0.5, 0.6) is 0 Å². The molecule has 9 heteroatoms. The van der Waals surface area contributed by atoms with Crippen LogP contribution in [0.2, 0.25) is 0 Å². The van der Waals surface area contributed by atoms with Gasteiger partial charge in [-0.2, -0.15) is 0 Å². The van der Waals surface area contributed by atoms with E-state index in [2.05, 4.69) is 15.1 Å². The van der Waals surface area contributed by atoms with Crippen LogP contribution < -0.4 is 4.90 Å². The van der Waals surface area contributed by atoms with Gasteiger partial charge in [-0.15, -0.1) is 21.5 Å². The summed E-state index contributed by atoms with van der Waals surface area (Å²) in [4.78, 5) is 28.5. The van der Waals surface area contributed by atoms with Crippen molar-refractivity contribution in [3.8, 4) is 10.6 Å². The number of nitro benzene ring substituents is 1. The number of piperazine rings is 1. The molecule has 0 atom stereocenters. The average Bonchev–Trinajstić information content (AvgIpc) is 3.28. The largest absolute Gasteiger partial charge is 0.352 e. The van der Waals surface area contributed by atoms with Gasteiger partial charge in [-0.3, -0.25) is 14.9 Å². The summed E-state index contributed by atoms with van der Waals surface area (Å²) in [6.45, 7) is 3.93. The minimum atomic E-state index is -0.456. The van der Waals surface area contributed by atoms with Crippen LogP contribution in [0.25, 0.3) is 10.6 Å². The second kappa shape index (κ2) is 7.96. The molecule has 3 aromatic rings. The van der Waals surface area contributed by atoms with Crippen molar-refractivity contribution < 1.29 is 9.72 Å². The number of rotatable bonds is 4. The van der Waals surface area contributed by atoms with Crippen molar-refractivity contribution in [3.05, 3.63) is 69.1 Å². The summed E-state index contributed by atoms with van der Waals surface area (Å²) < 4.78 is 0. The molecular formula is C20H19N5O3S. The van der Waals surface area contributed by atoms with E-state index in [0.29, 0.717) is 37.3 Å². The van der Waals surface area contributed by atoms with Crippen molar-refractivity contribution in [3.63, 3.8) is 0 Å². The molecule has 1 saturated heterocycles. The lowest BCUT2D eigenvalue weighted by molar-refractivity contribution is -0.385. The van der Waals surface area contributed by atoms with Crippen LogP contribution in [0, 0.1) is 17.0 Å². The molecule has 0 bridgehead atoms. The third kappa shape index (κ3) is 3.81. The maximum Gasteiger partial charge on any atom is 0.273 e. The number of carbonyl (C=O) groups is 1. The highest BCUT2D eigenvalue weighted by molar-refractivity contribution is 7.13. The number of hydrogen-bond acceptors (Lipinski definition) is 7. The fourth-order valence-electron chi connectivity index (χ4n) is 3.41. The molecule has 1 aliphatic heterocycles. The Morgan fingerprint density at radius 2 is 1.86 bits per heavy atom. The van der Waals surface area contributed by atoms with Gasteiger partial charge in [0.25, 0.3) is 11.6 Å². The minimum absolute atomic E-state index is 0.0319. The lowest BCUT2D eigenvalue weighted by Gasteiger charge is -2.35. The zero-order valence-corrected chi connectivity index (χ0v) is 16.6. The van der Waals surface area contributed by atoms with E-state index in [1.807, 2.05) is 29.6 Å². The van der Waals surface area contributed by atoms with Crippen LogP contribution in [0.1, 0.15) is 15.9 Å². The number of hydrogen-bond donors (Lipinski definition) is 0. The maximum absolute atomic E-state index is 12.9. The normalized spacial score (nSPS) is 14.1. The molecule has 0 aliphatic carbocycles. The second-order valence-corrected chi connectivity index (χ2v) is 7.69. The Morgan fingerprint density at radius 1 is 1.07 bits per heavy atom. The molecule has 1 amide bonds. The Bertz CT molecular complexity index is 1030. The first-order valence-electron chi connectivity index (χ1n) is 9.20. The molecule has 1 aliphatic rings. The van der Waals surface area contributed by atoms with Gasteiger partial charge >= 0.3 is 0 Å². The molecule has 0 unspecified atom stereocenters. The van der Waals surface area contributed by atoms with Crippen molar-refractivity contribution in [1.82, 2.24) is 15.1 Å². The van der Waals surface area contributed by atoms with Crippen molar-refractivity contribution in [2.45, 2.75) is 6.92 Å². The minimum Gasteiger partial charge on any atom is -0.352 e. The molecule has 1 aromatic carbocycles. The van der Waals surface area contributed by atoms with Gasteiger partial charge in [0.05, 0.1) is 9.80 Å². The molecular weight excluding hydrogens is 390 g/mol. The number of benzene rings is 1. The van der Waals surface area contributed by atoms with E-state index in [4.69, 9.17) is 0 Å². The number of thiophene rings is 1. The SMILES string of the molecule is Cc1c(C(=O)N2CCN(c3ccc(-c4cccs4)nn3)CC2)cccc1[N+](=O)[O-]. The van der Waals surface area contributed by atoms with E-state index in [1.54, 1.807) is 35.3 Å². The van der Waals surface area contributed by atoms with E-state index in [1.165, 1.54) is 6.07 Å². The molecule has 0 radical (unpaired) electrons. The number of aromatic nitrogens is 2. The van der Waals surface area contributed by atoms with Gasteiger partial charge in [-0.1, -0.05) is 12.1 Å². The van der Waals surface area contributed by atoms with Gasteiger partial charge in [0.1, 0.15) is 5.69 Å². The number of nitrogens with zero attached hydrogens (tertiary/aromatic N) is 5. The Hall–Kier alpha value is -3.33. The van der Waals surface area contributed by atoms with E-state index in [0.717, 1.165) is 16.4 Å². The topological polar surface area (TPSA) is 92.5 Å². The predicted molar refractivity (Wildman–Crippen MR) is 111 cm³/mol. The van der Waals surface area contributed by atoms with Gasteiger partial charge in [-0.25, -0.2) is 0 Å². The van der Waals surface area contributed by atoms with Crippen molar-refractivity contribution >= 4 is 28.7 Å². The van der Waals surface area contributed by atoms with E-state index < -0.39 is 4.92 Å². The van der Waals surface area contributed by atoms with Crippen LogP contribution >= 0.6 is 11.3 Å². The maximum atomic E-state index is 12.9. The molecule has 8 nitrogen and oxygen atoms in total. The summed E-state index contributed by atoms with van der Waals surface area (Å²) in [5.74, 6) is 0.605. The highest BCUT2D eigenvalue weighted by atomic mass is 32.1. The van der Waals surface area contributed by atoms with Crippen molar-refractivity contribution in [1.29, 1.82) is 0 Å². The first-order chi connectivity index (χ1) is 14.0. The third-order valence-corrected chi connectivity index (χ3v) is 5.94. The average molecular weight is 409 g/mol. The van der Waals surface area contributed by atoms with Gasteiger partial charge < -0.3 is 9.80 Å². The molecule has 3 heterocycles. The summed E-state index contributed by atoms with van der Waals surface area (Å²) in [5, 5.41) is 21.8. The van der Waals surface area contributed by atoms with Crippen LogP contribution in [-0.4, -0.2) is 52.1 Å². The quantitative estimate of drug-likeness (QED) is 0.484. The Labute approximate surface area is 171 Å². The van der Waals surface area contributed by atoms with Crippen LogP contribution in [0.3, 0.4) is 0 Å². The summed E-state index contributed by atoms with van der Waals surface area (Å²) >= 11 is 1.62. The molecule has 2 aromatic heterocycles. The monoisotopic (exact) mass is 409 g/mol. The smallest absolute Gasteiger partial charge is 0.273 e. The van der Waals surface area contributed by atoms with Crippen LogP contribution in [0.4, 0.5) is 11.5 Å². The summed E-state index contributed by atoms with van der Waals surface area (Å²) in [6, 6.07) is 12.5. The number of anilines is 1. The Kier molecular flexibility index (Phi) is 5.22. The third-order valence-electron chi connectivity index (χ3n) is 5.05. The number of amides is 1. The lowest BCUT2D eigenvalue weighted by atomic mass is 10.1. The molecule has 148 valence electrons. The van der Waals surface area contributed by atoms with Crippen LogP contribution in [-0.2, 0) is 0 Å². The van der Waals surface area contributed by atoms with Crippen LogP contribution in [0.15, 0.2) is 47.8 Å². The molecule has 1 fully saturated rings. The van der Waals surface area contributed by atoms with E-state index >= 15 is 0 Å². The first-order valence-corrected chi connectivity index (χ1v) is 10.1. The van der Waals surface area contributed by atoms with Gasteiger partial charge in [-0.05, 0) is 36.6 Å². The summed E-state index contributed by atoms with van der Waals surface area (Å²) in [6.07, 6.45) is 0. The Morgan fingerprint density at radius 3 is 2.48 bits per heavy atom. The number of carbonyl (C=O) groups excluding carboxylic acids is 1. The van der Waals surface area contributed by atoms with Crippen molar-refractivity contribution in [2.75, 3.05) is 31.1 Å². The van der Waals surface area contributed by atoms with E-state index in [-0.39, 0.29) is 11.6 Å². The molecule has 29 heavy (non-hydrogen) atoms. The highest BCUT2D eigenvalue weighted by Crippen LogP contribution is 2.25. The summed E-state index contributed by atoms with van der Waals surface area (Å²) in [7, 11) is 0. The van der Waals surface area contributed by atoms with Gasteiger partial charge in [0.2, 0.25) is 0 Å². The van der Waals surface area contributed by atoms with E-state index in [9.17, 15) is 14.9 Å². The Balaban J connectivity index is 1.42. The lowest BCUT2D eigenvalue weighted by Crippen LogP contribution is -2.49.